The van der Waals surface area contributed by atoms with Crippen molar-refractivity contribution in [2.45, 2.75) is 34.1 Å². The fourth-order valence-corrected chi connectivity index (χ4v) is 2.14. The monoisotopic (exact) mass is 301 g/mol. The van der Waals surface area contributed by atoms with E-state index < -0.39 is 0 Å². The van der Waals surface area contributed by atoms with Crippen molar-refractivity contribution in [3.63, 3.8) is 0 Å². The van der Waals surface area contributed by atoms with Crippen LogP contribution < -0.4 is 5.32 Å². The van der Waals surface area contributed by atoms with Gasteiger partial charge in [-0.2, -0.15) is 0 Å². The molecular formula is C17H39N3O. The Bertz CT molecular complexity index is 216. The van der Waals surface area contributed by atoms with E-state index in [1.807, 2.05) is 7.05 Å². The molecule has 1 fully saturated rings. The molecule has 1 heterocycles. The second-order valence-corrected chi connectivity index (χ2v) is 6.89. The highest BCUT2D eigenvalue weighted by molar-refractivity contribution is 4.64. The zero-order chi connectivity index (χ0) is 16.1. The second-order valence-electron chi connectivity index (χ2n) is 6.89. The highest BCUT2D eigenvalue weighted by Gasteiger charge is 2.10. The van der Waals surface area contributed by atoms with E-state index in [0.717, 1.165) is 44.7 Å². The molecule has 0 spiro atoms. The van der Waals surface area contributed by atoms with E-state index in [0.29, 0.717) is 0 Å². The highest BCUT2D eigenvalue weighted by atomic mass is 16.5. The first-order chi connectivity index (χ1) is 9.95. The predicted molar refractivity (Wildman–Crippen MR) is 93.0 cm³/mol. The Balaban J connectivity index is 0.000000567. The van der Waals surface area contributed by atoms with Crippen molar-refractivity contribution in [3.8, 4) is 0 Å². The fourth-order valence-electron chi connectivity index (χ4n) is 2.14. The van der Waals surface area contributed by atoms with E-state index in [-0.39, 0.29) is 0 Å². The maximum atomic E-state index is 5.33. The third-order valence-electron chi connectivity index (χ3n) is 3.60. The summed E-state index contributed by atoms with van der Waals surface area (Å²) in [6.45, 7) is 17.7. The minimum atomic E-state index is 0.787. The Labute approximate surface area is 133 Å². The maximum Gasteiger partial charge on any atom is 0.0594 e. The number of nitrogens with zero attached hydrogens (tertiary/aromatic N) is 2. The average molecular weight is 302 g/mol. The molecule has 0 aliphatic carbocycles. The van der Waals surface area contributed by atoms with Crippen LogP contribution >= 0.6 is 0 Å². The number of likely N-dealkylation sites (N-methyl/N-ethyl adjacent to an activating group) is 1. The topological polar surface area (TPSA) is 27.7 Å². The van der Waals surface area contributed by atoms with Gasteiger partial charge >= 0.3 is 0 Å². The zero-order valence-electron chi connectivity index (χ0n) is 15.3. The first-order valence-electron chi connectivity index (χ1n) is 8.59. The van der Waals surface area contributed by atoms with Crippen molar-refractivity contribution in [1.82, 2.24) is 15.1 Å². The summed E-state index contributed by atoms with van der Waals surface area (Å²) in [7, 11) is 4.20. The Morgan fingerprint density at radius 3 is 2.10 bits per heavy atom. The quantitative estimate of drug-likeness (QED) is 0.743. The molecule has 0 aromatic heterocycles. The van der Waals surface area contributed by atoms with Gasteiger partial charge in [0.1, 0.15) is 0 Å². The zero-order valence-corrected chi connectivity index (χ0v) is 15.3. The van der Waals surface area contributed by atoms with E-state index in [2.05, 4.69) is 49.9 Å². The molecule has 1 N–H and O–H groups in total. The van der Waals surface area contributed by atoms with Gasteiger partial charge in [-0.15, -0.1) is 0 Å². The third-order valence-corrected chi connectivity index (χ3v) is 3.60. The van der Waals surface area contributed by atoms with Crippen LogP contribution in [0.4, 0.5) is 0 Å². The van der Waals surface area contributed by atoms with Gasteiger partial charge in [-0.3, -0.25) is 4.90 Å². The summed E-state index contributed by atoms with van der Waals surface area (Å²) >= 11 is 0. The Hall–Kier alpha value is -0.160. The molecule has 0 saturated carbocycles. The number of hydrogen-bond donors (Lipinski definition) is 1. The van der Waals surface area contributed by atoms with Gasteiger partial charge in [0, 0.05) is 26.2 Å². The molecule has 4 heteroatoms. The molecule has 1 aliphatic heterocycles. The molecular weight excluding hydrogens is 262 g/mol. The number of nitrogens with one attached hydrogen (secondary N) is 1. The molecule has 21 heavy (non-hydrogen) atoms. The van der Waals surface area contributed by atoms with Crippen LogP contribution in [-0.4, -0.2) is 76.4 Å². The molecule has 0 atom stereocenters. The van der Waals surface area contributed by atoms with E-state index >= 15 is 0 Å². The number of morpholine rings is 1. The minimum absolute atomic E-state index is 0.787. The largest absolute Gasteiger partial charge is 0.379 e. The number of ether oxygens (including phenoxy) is 1. The maximum absolute atomic E-state index is 5.33. The Kier molecular flexibility index (Phi) is 13.4. The molecule has 0 aromatic carbocycles. The minimum Gasteiger partial charge on any atom is -0.379 e. The van der Waals surface area contributed by atoms with Crippen LogP contribution in [0.1, 0.15) is 34.1 Å². The van der Waals surface area contributed by atoms with Crippen LogP contribution in [0.3, 0.4) is 0 Å². The molecule has 4 nitrogen and oxygen atoms in total. The Morgan fingerprint density at radius 2 is 1.67 bits per heavy atom. The second kappa shape index (κ2) is 13.5. The number of rotatable bonds is 8. The molecule has 0 aromatic rings. The van der Waals surface area contributed by atoms with Crippen molar-refractivity contribution in [1.29, 1.82) is 0 Å². The summed E-state index contributed by atoms with van der Waals surface area (Å²) in [5, 5.41) is 3.07. The smallest absolute Gasteiger partial charge is 0.0594 e. The molecule has 0 bridgehead atoms. The summed E-state index contributed by atoms with van der Waals surface area (Å²) in [6, 6.07) is 0. The summed E-state index contributed by atoms with van der Waals surface area (Å²) in [5.74, 6) is 1.60. The lowest BCUT2D eigenvalue weighted by molar-refractivity contribution is 0.0343. The van der Waals surface area contributed by atoms with E-state index in [4.69, 9.17) is 4.74 Å². The van der Waals surface area contributed by atoms with Gasteiger partial charge in [0.05, 0.1) is 13.2 Å². The lowest BCUT2D eigenvalue weighted by Crippen LogP contribution is -2.40. The first kappa shape index (κ1) is 20.8. The Morgan fingerprint density at radius 1 is 1.05 bits per heavy atom. The molecule has 0 radical (unpaired) electrons. The number of hydrogen-bond acceptors (Lipinski definition) is 4. The van der Waals surface area contributed by atoms with E-state index in [1.54, 1.807) is 0 Å². The van der Waals surface area contributed by atoms with E-state index in [9.17, 15) is 0 Å². The van der Waals surface area contributed by atoms with E-state index in [1.165, 1.54) is 26.1 Å². The highest BCUT2D eigenvalue weighted by Crippen LogP contribution is 2.01. The van der Waals surface area contributed by atoms with Crippen LogP contribution in [-0.2, 0) is 4.74 Å². The predicted octanol–water partition coefficient (Wildman–Crippen LogP) is 2.16. The molecule has 128 valence electrons. The molecule has 0 unspecified atom stereocenters. The van der Waals surface area contributed by atoms with Crippen molar-refractivity contribution >= 4 is 0 Å². The van der Waals surface area contributed by atoms with Gasteiger partial charge in [0.15, 0.2) is 0 Å². The van der Waals surface area contributed by atoms with Crippen molar-refractivity contribution in [2.24, 2.45) is 11.8 Å². The molecule has 0 amide bonds. The van der Waals surface area contributed by atoms with Gasteiger partial charge < -0.3 is 15.0 Å². The van der Waals surface area contributed by atoms with Crippen LogP contribution in [0, 0.1) is 11.8 Å². The summed E-state index contributed by atoms with van der Waals surface area (Å²) in [4.78, 5) is 4.94. The van der Waals surface area contributed by atoms with Crippen LogP contribution in [0.2, 0.25) is 0 Å². The van der Waals surface area contributed by atoms with Gasteiger partial charge in [-0.05, 0) is 45.4 Å². The third kappa shape index (κ3) is 14.5. The SMILES string of the molecule is CC(C)CCN(C)CCN1CCOCC1.CNCC(C)C. The van der Waals surface area contributed by atoms with Gasteiger partial charge in [-0.25, -0.2) is 0 Å². The first-order valence-corrected chi connectivity index (χ1v) is 8.59. The van der Waals surface area contributed by atoms with Crippen molar-refractivity contribution < 1.29 is 4.74 Å². The summed E-state index contributed by atoms with van der Waals surface area (Å²) in [5.41, 5.74) is 0. The van der Waals surface area contributed by atoms with Crippen molar-refractivity contribution in [3.05, 3.63) is 0 Å². The van der Waals surface area contributed by atoms with Crippen LogP contribution in [0.25, 0.3) is 0 Å². The molecule has 1 saturated heterocycles. The van der Waals surface area contributed by atoms with Gasteiger partial charge in [-0.1, -0.05) is 27.7 Å². The van der Waals surface area contributed by atoms with Crippen LogP contribution in [0.5, 0.6) is 0 Å². The lowest BCUT2D eigenvalue weighted by atomic mass is 10.1. The fraction of sp³-hybridized carbons (Fsp3) is 1.00. The lowest BCUT2D eigenvalue weighted by Gasteiger charge is -2.28. The normalized spacial score (nSPS) is 16.4. The van der Waals surface area contributed by atoms with Gasteiger partial charge in [0.25, 0.3) is 0 Å². The molecule has 1 aliphatic rings. The average Bonchev–Trinajstić information content (AvgIpc) is 2.44. The van der Waals surface area contributed by atoms with Crippen molar-refractivity contribution in [2.75, 3.05) is 66.6 Å². The van der Waals surface area contributed by atoms with Gasteiger partial charge in [0.2, 0.25) is 0 Å². The summed E-state index contributed by atoms with van der Waals surface area (Å²) in [6.07, 6.45) is 1.31. The van der Waals surface area contributed by atoms with Crippen LogP contribution in [0.15, 0.2) is 0 Å². The molecule has 1 rings (SSSR count). The summed E-state index contributed by atoms with van der Waals surface area (Å²) < 4.78 is 5.33. The standard InChI is InChI=1S/C12H26N2O.C5H13N/c1-12(2)4-5-13(3)6-7-14-8-10-15-11-9-14;1-5(2)4-6-3/h12H,4-11H2,1-3H3;5-6H,4H2,1-3H3.